The van der Waals surface area contributed by atoms with E-state index in [2.05, 4.69) is 27.7 Å². The molecule has 1 heteroatoms. The molecule has 0 aromatic carbocycles. The normalized spacial score (nSPS) is 48.0. The molecule has 4 atom stereocenters. The van der Waals surface area contributed by atoms with Crippen molar-refractivity contribution in [2.24, 2.45) is 11.8 Å². The molecular formula is C9H18O. The Bertz CT molecular complexity index is 111. The van der Waals surface area contributed by atoms with Crippen LogP contribution in [-0.2, 0) is 4.74 Å². The fourth-order valence-electron chi connectivity index (χ4n) is 1.76. The number of hydrogen-bond donors (Lipinski definition) is 0. The van der Waals surface area contributed by atoms with Crippen LogP contribution in [0.1, 0.15) is 34.1 Å². The summed E-state index contributed by atoms with van der Waals surface area (Å²) in [5.41, 5.74) is 0. The summed E-state index contributed by atoms with van der Waals surface area (Å²) < 4.78 is 5.73. The first kappa shape index (κ1) is 8.06. The monoisotopic (exact) mass is 142 g/mol. The highest BCUT2D eigenvalue weighted by molar-refractivity contribution is 4.82. The van der Waals surface area contributed by atoms with Crippen LogP contribution in [0.2, 0.25) is 0 Å². The Morgan fingerprint density at radius 2 is 1.70 bits per heavy atom. The van der Waals surface area contributed by atoms with E-state index in [1.54, 1.807) is 0 Å². The van der Waals surface area contributed by atoms with Crippen molar-refractivity contribution < 1.29 is 4.74 Å². The molecule has 60 valence electrons. The quantitative estimate of drug-likeness (QED) is 0.546. The summed E-state index contributed by atoms with van der Waals surface area (Å²) >= 11 is 0. The fraction of sp³-hybridized carbons (Fsp3) is 1.00. The molecule has 1 aliphatic rings. The van der Waals surface area contributed by atoms with E-state index >= 15 is 0 Å². The molecular weight excluding hydrogens is 124 g/mol. The second-order valence-electron chi connectivity index (χ2n) is 3.51. The zero-order chi connectivity index (χ0) is 7.72. The third-order valence-electron chi connectivity index (χ3n) is 2.95. The molecule has 1 fully saturated rings. The van der Waals surface area contributed by atoms with Crippen LogP contribution in [0.3, 0.4) is 0 Å². The number of ether oxygens (including phenoxy) is 1. The SMILES string of the molecule is CC[C@H]1O[C@H](C)[C@H](C)[C@@H]1C. The highest BCUT2D eigenvalue weighted by Crippen LogP contribution is 2.32. The first-order valence-corrected chi connectivity index (χ1v) is 4.32. The molecule has 0 saturated carbocycles. The molecule has 0 radical (unpaired) electrons. The van der Waals surface area contributed by atoms with Crippen LogP contribution in [0.25, 0.3) is 0 Å². The van der Waals surface area contributed by atoms with Crippen LogP contribution in [-0.4, -0.2) is 12.2 Å². The minimum Gasteiger partial charge on any atom is -0.375 e. The zero-order valence-corrected chi connectivity index (χ0v) is 7.42. The smallest absolute Gasteiger partial charge is 0.0605 e. The Balaban J connectivity index is 2.53. The Labute approximate surface area is 63.8 Å². The topological polar surface area (TPSA) is 9.23 Å². The average Bonchev–Trinajstić information content (AvgIpc) is 2.17. The third kappa shape index (κ3) is 1.20. The van der Waals surface area contributed by atoms with E-state index in [-0.39, 0.29) is 0 Å². The summed E-state index contributed by atoms with van der Waals surface area (Å²) in [6.07, 6.45) is 2.15. The molecule has 0 N–H and O–H groups in total. The van der Waals surface area contributed by atoms with Crippen LogP contribution in [0.15, 0.2) is 0 Å². The van der Waals surface area contributed by atoms with Crippen molar-refractivity contribution in [2.45, 2.75) is 46.3 Å². The average molecular weight is 142 g/mol. The molecule has 1 heterocycles. The lowest BCUT2D eigenvalue weighted by atomic mass is 9.90. The molecule has 1 nitrogen and oxygen atoms in total. The first-order valence-electron chi connectivity index (χ1n) is 4.32. The summed E-state index contributed by atoms with van der Waals surface area (Å²) in [5.74, 6) is 1.49. The van der Waals surface area contributed by atoms with Gasteiger partial charge in [0.2, 0.25) is 0 Å². The minimum atomic E-state index is 0.472. The van der Waals surface area contributed by atoms with Crippen molar-refractivity contribution in [1.82, 2.24) is 0 Å². The summed E-state index contributed by atoms with van der Waals surface area (Å²) in [6.45, 7) is 8.95. The predicted octanol–water partition coefficient (Wildman–Crippen LogP) is 2.46. The van der Waals surface area contributed by atoms with Gasteiger partial charge in [0.25, 0.3) is 0 Å². The van der Waals surface area contributed by atoms with Crippen LogP contribution >= 0.6 is 0 Å². The maximum atomic E-state index is 5.73. The predicted molar refractivity (Wildman–Crippen MR) is 43.0 cm³/mol. The molecule has 0 spiro atoms. The molecule has 0 bridgehead atoms. The molecule has 1 saturated heterocycles. The van der Waals surface area contributed by atoms with Gasteiger partial charge in [-0.2, -0.15) is 0 Å². The summed E-state index contributed by atoms with van der Waals surface area (Å²) in [5, 5.41) is 0. The van der Waals surface area contributed by atoms with Crippen LogP contribution in [0.5, 0.6) is 0 Å². The molecule has 1 rings (SSSR count). The molecule has 0 aromatic heterocycles. The van der Waals surface area contributed by atoms with Crippen molar-refractivity contribution in [3.05, 3.63) is 0 Å². The molecule has 0 aliphatic carbocycles. The van der Waals surface area contributed by atoms with Gasteiger partial charge in [0.05, 0.1) is 12.2 Å². The van der Waals surface area contributed by atoms with Gasteiger partial charge in [-0.25, -0.2) is 0 Å². The van der Waals surface area contributed by atoms with Gasteiger partial charge < -0.3 is 4.74 Å². The van der Waals surface area contributed by atoms with Crippen LogP contribution in [0, 0.1) is 11.8 Å². The van der Waals surface area contributed by atoms with Gasteiger partial charge >= 0.3 is 0 Å². The molecule has 10 heavy (non-hydrogen) atoms. The lowest BCUT2D eigenvalue weighted by molar-refractivity contribution is 0.0393. The van der Waals surface area contributed by atoms with Gasteiger partial charge in [-0.3, -0.25) is 0 Å². The Morgan fingerprint density at radius 1 is 1.10 bits per heavy atom. The number of hydrogen-bond acceptors (Lipinski definition) is 1. The largest absolute Gasteiger partial charge is 0.375 e. The van der Waals surface area contributed by atoms with E-state index in [9.17, 15) is 0 Å². The maximum absolute atomic E-state index is 5.73. The molecule has 0 amide bonds. The standard InChI is InChI=1S/C9H18O/c1-5-9-7(3)6(2)8(4)10-9/h6-9H,5H2,1-4H3/t6-,7+,8-,9-/m1/s1. The van der Waals surface area contributed by atoms with Gasteiger partial charge in [-0.15, -0.1) is 0 Å². The molecule has 0 aromatic rings. The lowest BCUT2D eigenvalue weighted by Crippen LogP contribution is -2.14. The molecule has 0 unspecified atom stereocenters. The van der Waals surface area contributed by atoms with E-state index in [1.807, 2.05) is 0 Å². The lowest BCUT2D eigenvalue weighted by Gasteiger charge is -2.12. The zero-order valence-electron chi connectivity index (χ0n) is 7.42. The van der Waals surface area contributed by atoms with E-state index in [0.29, 0.717) is 12.2 Å². The van der Waals surface area contributed by atoms with Gasteiger partial charge in [-0.1, -0.05) is 20.8 Å². The summed E-state index contributed by atoms with van der Waals surface area (Å²) in [4.78, 5) is 0. The highest BCUT2D eigenvalue weighted by Gasteiger charge is 2.34. The fourth-order valence-corrected chi connectivity index (χ4v) is 1.76. The van der Waals surface area contributed by atoms with Crippen LogP contribution < -0.4 is 0 Å². The summed E-state index contributed by atoms with van der Waals surface area (Å²) in [7, 11) is 0. The van der Waals surface area contributed by atoms with Crippen molar-refractivity contribution in [2.75, 3.05) is 0 Å². The van der Waals surface area contributed by atoms with Crippen LogP contribution in [0.4, 0.5) is 0 Å². The maximum Gasteiger partial charge on any atom is 0.0605 e. The van der Waals surface area contributed by atoms with Crippen molar-refractivity contribution in [3.63, 3.8) is 0 Å². The van der Waals surface area contributed by atoms with Gasteiger partial charge in [0.15, 0.2) is 0 Å². The Hall–Kier alpha value is -0.0400. The second kappa shape index (κ2) is 2.91. The van der Waals surface area contributed by atoms with E-state index in [1.165, 1.54) is 0 Å². The van der Waals surface area contributed by atoms with Gasteiger partial charge in [-0.05, 0) is 25.2 Å². The second-order valence-corrected chi connectivity index (χ2v) is 3.51. The van der Waals surface area contributed by atoms with Gasteiger partial charge in [0.1, 0.15) is 0 Å². The van der Waals surface area contributed by atoms with E-state index < -0.39 is 0 Å². The van der Waals surface area contributed by atoms with E-state index in [4.69, 9.17) is 4.74 Å². The highest BCUT2D eigenvalue weighted by atomic mass is 16.5. The van der Waals surface area contributed by atoms with Crippen molar-refractivity contribution in [1.29, 1.82) is 0 Å². The van der Waals surface area contributed by atoms with E-state index in [0.717, 1.165) is 18.3 Å². The summed E-state index contributed by atoms with van der Waals surface area (Å²) in [6, 6.07) is 0. The Morgan fingerprint density at radius 3 is 1.90 bits per heavy atom. The van der Waals surface area contributed by atoms with Gasteiger partial charge in [0, 0.05) is 0 Å². The molecule has 1 aliphatic heterocycles. The minimum absolute atomic E-state index is 0.472. The first-order chi connectivity index (χ1) is 4.66. The number of rotatable bonds is 1. The van der Waals surface area contributed by atoms with Crippen molar-refractivity contribution >= 4 is 0 Å². The Kier molecular flexibility index (Phi) is 2.35. The van der Waals surface area contributed by atoms with Crippen molar-refractivity contribution in [3.8, 4) is 0 Å². The third-order valence-corrected chi connectivity index (χ3v) is 2.95.